The van der Waals surface area contributed by atoms with Gasteiger partial charge in [0.1, 0.15) is 0 Å². The van der Waals surface area contributed by atoms with Crippen LogP contribution in [0.2, 0.25) is 0 Å². The molecule has 1 atom stereocenters. The Morgan fingerprint density at radius 1 is 1.16 bits per heavy atom. The predicted molar refractivity (Wildman–Crippen MR) is 108 cm³/mol. The molecule has 0 aromatic heterocycles. The van der Waals surface area contributed by atoms with Crippen molar-refractivity contribution in [3.63, 3.8) is 0 Å². The smallest absolute Gasteiger partial charge is 0.382 e. The third kappa shape index (κ3) is 7.34. The second-order valence-corrected chi connectivity index (χ2v) is 7.37. The molecule has 31 heavy (non-hydrogen) atoms. The lowest BCUT2D eigenvalue weighted by Crippen LogP contribution is -2.60. The van der Waals surface area contributed by atoms with Gasteiger partial charge in [-0.05, 0) is 56.8 Å². The Labute approximate surface area is 180 Å². The zero-order chi connectivity index (χ0) is 22.9. The molecule has 1 heterocycles. The summed E-state index contributed by atoms with van der Waals surface area (Å²) in [5, 5.41) is 12.0. The standard InChI is InChI=1S/C21H28N2O8/c1-14(24)21(22,31-17-7-3-2-6-16(17)29-13-18(25)26)20(28)30-19(27)8-4-5-15-9-11-23-12-10-15/h2-3,6-7,15,23H,4-5,8-13,22H2,1H3,(H,25,26). The van der Waals surface area contributed by atoms with E-state index in [-0.39, 0.29) is 17.9 Å². The molecule has 1 aromatic carbocycles. The highest BCUT2D eigenvalue weighted by atomic mass is 16.6. The van der Waals surface area contributed by atoms with E-state index in [4.69, 9.17) is 25.1 Å². The number of aliphatic carboxylic acids is 1. The molecule has 4 N–H and O–H groups in total. The van der Waals surface area contributed by atoms with Crippen LogP contribution in [0, 0.1) is 5.92 Å². The fourth-order valence-electron chi connectivity index (χ4n) is 3.16. The van der Waals surface area contributed by atoms with E-state index in [0.29, 0.717) is 12.3 Å². The van der Waals surface area contributed by atoms with Gasteiger partial charge < -0.3 is 24.6 Å². The van der Waals surface area contributed by atoms with Crippen molar-refractivity contribution in [3.05, 3.63) is 24.3 Å². The molecule has 1 unspecified atom stereocenters. The number of ether oxygens (including phenoxy) is 3. The zero-order valence-corrected chi connectivity index (χ0v) is 17.4. The Morgan fingerprint density at radius 3 is 2.42 bits per heavy atom. The van der Waals surface area contributed by atoms with E-state index in [1.165, 1.54) is 18.2 Å². The van der Waals surface area contributed by atoms with E-state index in [0.717, 1.165) is 39.3 Å². The summed E-state index contributed by atoms with van der Waals surface area (Å²) in [6, 6.07) is 5.78. The number of nitrogens with one attached hydrogen (secondary N) is 1. The van der Waals surface area contributed by atoms with Crippen LogP contribution < -0.4 is 20.5 Å². The lowest BCUT2D eigenvalue weighted by atomic mass is 9.92. The highest BCUT2D eigenvalue weighted by Gasteiger charge is 2.45. The Balaban J connectivity index is 1.98. The number of nitrogens with two attached hydrogens (primary N) is 1. The number of carbonyl (C=O) groups is 4. The molecule has 10 nitrogen and oxygen atoms in total. The van der Waals surface area contributed by atoms with Crippen LogP contribution in [-0.4, -0.2) is 54.2 Å². The van der Waals surface area contributed by atoms with Crippen LogP contribution >= 0.6 is 0 Å². The first-order chi connectivity index (χ1) is 14.7. The van der Waals surface area contributed by atoms with Crippen molar-refractivity contribution in [1.82, 2.24) is 5.32 Å². The Bertz CT molecular complexity index is 806. The maximum Gasteiger partial charge on any atom is 0.382 e. The van der Waals surface area contributed by atoms with E-state index < -0.39 is 36.0 Å². The highest BCUT2D eigenvalue weighted by molar-refractivity contribution is 6.08. The van der Waals surface area contributed by atoms with Gasteiger partial charge in [0, 0.05) is 13.3 Å². The minimum absolute atomic E-state index is 0.0158. The zero-order valence-electron chi connectivity index (χ0n) is 17.4. The number of hydrogen-bond donors (Lipinski definition) is 3. The Morgan fingerprint density at radius 2 is 1.81 bits per heavy atom. The molecule has 0 saturated carbocycles. The van der Waals surface area contributed by atoms with Gasteiger partial charge in [-0.1, -0.05) is 12.1 Å². The molecule has 170 valence electrons. The third-order valence-electron chi connectivity index (χ3n) is 4.96. The summed E-state index contributed by atoms with van der Waals surface area (Å²) in [7, 11) is 0. The fourth-order valence-corrected chi connectivity index (χ4v) is 3.16. The molecule has 0 spiro atoms. The second-order valence-electron chi connectivity index (χ2n) is 7.37. The topological polar surface area (TPSA) is 154 Å². The number of rotatable bonds is 11. The van der Waals surface area contributed by atoms with Crippen LogP contribution in [0.1, 0.15) is 39.0 Å². The van der Waals surface area contributed by atoms with Gasteiger partial charge in [-0.25, -0.2) is 9.59 Å². The summed E-state index contributed by atoms with van der Waals surface area (Å²) >= 11 is 0. The number of carboxylic acid groups (broad SMARTS) is 1. The van der Waals surface area contributed by atoms with Gasteiger partial charge >= 0.3 is 23.6 Å². The fraction of sp³-hybridized carbons (Fsp3) is 0.524. The average Bonchev–Trinajstić information content (AvgIpc) is 2.73. The van der Waals surface area contributed by atoms with Gasteiger partial charge in [0.2, 0.25) is 0 Å². The van der Waals surface area contributed by atoms with Gasteiger partial charge in [-0.15, -0.1) is 0 Å². The number of Topliss-reactive ketones (excluding diaryl/α,β-unsaturated/α-hetero) is 1. The third-order valence-corrected chi connectivity index (χ3v) is 4.96. The van der Waals surface area contributed by atoms with Crippen molar-refractivity contribution in [1.29, 1.82) is 0 Å². The molecule has 0 radical (unpaired) electrons. The van der Waals surface area contributed by atoms with Crippen LogP contribution in [-0.2, 0) is 23.9 Å². The van der Waals surface area contributed by atoms with Crippen LogP contribution in [0.25, 0.3) is 0 Å². The first-order valence-electron chi connectivity index (χ1n) is 10.1. The van der Waals surface area contributed by atoms with Crippen molar-refractivity contribution in [2.24, 2.45) is 11.7 Å². The summed E-state index contributed by atoms with van der Waals surface area (Å²) in [6.07, 6.45) is 3.50. The van der Waals surface area contributed by atoms with E-state index in [1.54, 1.807) is 6.07 Å². The van der Waals surface area contributed by atoms with Crippen LogP contribution in [0.15, 0.2) is 24.3 Å². The molecule has 1 saturated heterocycles. The highest BCUT2D eigenvalue weighted by Crippen LogP contribution is 2.29. The summed E-state index contributed by atoms with van der Waals surface area (Å²) in [5.41, 5.74) is 3.27. The van der Waals surface area contributed by atoms with Crippen LogP contribution in [0.3, 0.4) is 0 Å². The first kappa shape index (κ1) is 24.3. The predicted octanol–water partition coefficient (Wildman–Crippen LogP) is 1.01. The van der Waals surface area contributed by atoms with Crippen LogP contribution in [0.5, 0.6) is 11.5 Å². The molecule has 1 aliphatic rings. The van der Waals surface area contributed by atoms with Crippen molar-refractivity contribution in [2.75, 3.05) is 19.7 Å². The monoisotopic (exact) mass is 436 g/mol. The lowest BCUT2D eigenvalue weighted by Gasteiger charge is -2.26. The van der Waals surface area contributed by atoms with Crippen LogP contribution in [0.4, 0.5) is 0 Å². The van der Waals surface area contributed by atoms with Crippen molar-refractivity contribution in [3.8, 4) is 11.5 Å². The molecular formula is C21H28N2O8. The molecule has 1 aromatic rings. The number of carboxylic acids is 1. The summed E-state index contributed by atoms with van der Waals surface area (Å²) in [6.45, 7) is 2.26. The van der Waals surface area contributed by atoms with E-state index >= 15 is 0 Å². The second kappa shape index (κ2) is 11.4. The van der Waals surface area contributed by atoms with Gasteiger partial charge in [0.25, 0.3) is 0 Å². The van der Waals surface area contributed by atoms with E-state index in [2.05, 4.69) is 5.32 Å². The molecular weight excluding hydrogens is 408 g/mol. The van der Waals surface area contributed by atoms with Crippen molar-refractivity contribution in [2.45, 2.75) is 44.8 Å². The molecule has 2 rings (SSSR count). The quantitative estimate of drug-likeness (QED) is 0.260. The maximum atomic E-state index is 12.5. The largest absolute Gasteiger partial charge is 0.479 e. The average molecular weight is 436 g/mol. The number of benzene rings is 1. The number of para-hydroxylation sites is 2. The summed E-state index contributed by atoms with van der Waals surface area (Å²) in [4.78, 5) is 47.4. The van der Waals surface area contributed by atoms with E-state index in [9.17, 15) is 19.2 Å². The number of ketones is 1. The Kier molecular flexibility index (Phi) is 8.95. The number of piperidine rings is 1. The minimum atomic E-state index is -2.59. The first-order valence-corrected chi connectivity index (χ1v) is 10.1. The summed E-state index contributed by atoms with van der Waals surface area (Å²) < 4.78 is 15.2. The molecule has 10 heteroatoms. The normalized spacial score (nSPS) is 16.1. The SMILES string of the molecule is CC(=O)C(N)(Oc1ccccc1OCC(=O)O)C(=O)OC(=O)CCCC1CCNCC1. The lowest BCUT2D eigenvalue weighted by molar-refractivity contribution is -0.173. The van der Waals surface area contributed by atoms with Crippen molar-refractivity contribution < 1.29 is 38.5 Å². The van der Waals surface area contributed by atoms with Gasteiger partial charge in [-0.2, -0.15) is 0 Å². The van der Waals surface area contributed by atoms with E-state index in [1.807, 2.05) is 0 Å². The molecule has 0 amide bonds. The van der Waals surface area contributed by atoms with Crippen molar-refractivity contribution >= 4 is 23.7 Å². The Hall–Kier alpha value is -2.98. The number of hydrogen-bond acceptors (Lipinski definition) is 9. The van der Waals surface area contributed by atoms with Gasteiger partial charge in [-0.3, -0.25) is 15.3 Å². The summed E-state index contributed by atoms with van der Waals surface area (Å²) in [5.74, 6) is -3.92. The number of esters is 2. The molecule has 0 aliphatic carbocycles. The minimum Gasteiger partial charge on any atom is -0.479 e. The molecule has 1 aliphatic heterocycles. The van der Waals surface area contributed by atoms with Gasteiger partial charge in [0.15, 0.2) is 23.9 Å². The molecule has 1 fully saturated rings. The molecule has 0 bridgehead atoms. The number of carbonyl (C=O) groups excluding carboxylic acids is 3. The van der Waals surface area contributed by atoms with Gasteiger partial charge in [0.05, 0.1) is 0 Å². The maximum absolute atomic E-state index is 12.5.